The highest BCUT2D eigenvalue weighted by molar-refractivity contribution is 5.70. The fourth-order valence-electron chi connectivity index (χ4n) is 5.04. The zero-order valence-corrected chi connectivity index (χ0v) is 15.9. The third kappa shape index (κ3) is 3.09. The molecule has 3 atom stereocenters. The Morgan fingerprint density at radius 2 is 1.61 bits per heavy atom. The molecule has 5 nitrogen and oxygen atoms in total. The molecule has 4 aliphatic heterocycles. The Balaban J connectivity index is 1.46. The minimum atomic E-state index is -0.699. The van der Waals surface area contributed by atoms with Crippen molar-refractivity contribution in [1.29, 1.82) is 0 Å². The van der Waals surface area contributed by atoms with Crippen molar-refractivity contribution in [1.82, 2.24) is 9.80 Å². The summed E-state index contributed by atoms with van der Waals surface area (Å²) in [5.74, 6) is 0.464. The second-order valence-electron chi connectivity index (χ2n) is 8.17. The highest BCUT2D eigenvalue weighted by Gasteiger charge is 2.41. The molecule has 5 heteroatoms. The summed E-state index contributed by atoms with van der Waals surface area (Å²) in [6.07, 6.45) is 1.15. The first-order chi connectivity index (χ1) is 13.7. The molecule has 0 aliphatic carbocycles. The van der Waals surface area contributed by atoms with E-state index in [0.29, 0.717) is 5.92 Å². The lowest BCUT2D eigenvalue weighted by molar-refractivity contribution is -0.0506. The first-order valence-electron chi connectivity index (χ1n) is 10.2. The maximum atomic E-state index is 13.3. The third-order valence-corrected chi connectivity index (χ3v) is 6.53. The fourth-order valence-corrected chi connectivity index (χ4v) is 5.04. The first-order valence-corrected chi connectivity index (χ1v) is 10.2. The molecule has 3 fully saturated rings. The summed E-state index contributed by atoms with van der Waals surface area (Å²) < 4.78 is 6.01. The van der Waals surface area contributed by atoms with E-state index < -0.39 is 6.10 Å². The van der Waals surface area contributed by atoms with Crippen molar-refractivity contribution in [2.75, 3.05) is 26.2 Å². The first kappa shape index (κ1) is 17.7. The zero-order chi connectivity index (χ0) is 19.1. The molecule has 3 saturated heterocycles. The maximum absolute atomic E-state index is 13.3. The number of rotatable bonds is 2. The summed E-state index contributed by atoms with van der Waals surface area (Å²) in [6.45, 7) is 3.30. The van der Waals surface area contributed by atoms with Crippen molar-refractivity contribution < 1.29 is 14.6 Å². The average molecular weight is 378 g/mol. The molecule has 1 unspecified atom stereocenters. The van der Waals surface area contributed by atoms with E-state index in [1.807, 2.05) is 54.6 Å². The predicted octanol–water partition coefficient (Wildman–Crippen LogP) is 3.36. The van der Waals surface area contributed by atoms with Crippen molar-refractivity contribution in [2.24, 2.45) is 5.92 Å². The van der Waals surface area contributed by atoms with Gasteiger partial charge in [-0.05, 0) is 48.5 Å². The number of hydrogen-bond donors (Lipinski definition) is 1. The van der Waals surface area contributed by atoms with Crippen LogP contribution >= 0.6 is 0 Å². The molecule has 0 radical (unpaired) electrons. The second kappa shape index (κ2) is 7.22. The number of amides is 1. The highest BCUT2D eigenvalue weighted by Crippen LogP contribution is 2.40. The topological polar surface area (TPSA) is 53.0 Å². The Hall–Kier alpha value is -2.37. The van der Waals surface area contributed by atoms with Gasteiger partial charge in [-0.3, -0.25) is 9.80 Å². The summed E-state index contributed by atoms with van der Waals surface area (Å²) in [7, 11) is 0. The van der Waals surface area contributed by atoms with Gasteiger partial charge in [0.25, 0.3) is 0 Å². The Labute approximate surface area is 165 Å². The normalized spacial score (nSPS) is 31.3. The number of hydrogen-bond acceptors (Lipinski definition) is 4. The lowest BCUT2D eigenvalue weighted by Crippen LogP contribution is -2.53. The maximum Gasteiger partial charge on any atom is 0.410 e. The number of nitrogens with zero attached hydrogens (tertiary/aromatic N) is 2. The van der Waals surface area contributed by atoms with Gasteiger partial charge in [-0.15, -0.1) is 0 Å². The Kier molecular flexibility index (Phi) is 4.57. The number of aliphatic hydroxyl groups is 1. The van der Waals surface area contributed by atoms with Crippen LogP contribution in [0, 0.1) is 5.92 Å². The number of benzene rings is 2. The number of carbonyl (C=O) groups is 1. The van der Waals surface area contributed by atoms with Crippen molar-refractivity contribution >= 4 is 6.09 Å². The zero-order valence-electron chi connectivity index (χ0n) is 15.9. The fraction of sp³-hybridized carbons (Fsp3) is 0.435. The van der Waals surface area contributed by atoms with Gasteiger partial charge in [0, 0.05) is 6.54 Å². The summed E-state index contributed by atoms with van der Waals surface area (Å²) in [5.41, 5.74) is 2.90. The van der Waals surface area contributed by atoms with E-state index in [-0.39, 0.29) is 24.8 Å². The molecule has 1 N–H and O–H groups in total. The molecule has 28 heavy (non-hydrogen) atoms. The predicted molar refractivity (Wildman–Crippen MR) is 106 cm³/mol. The SMILES string of the molecule is O=C(O[C@H]1CN2CCC1CC2)N1CC(O)c2ccccc2[C@@H]1c1ccccc1. The minimum absolute atomic E-state index is 0.0410. The van der Waals surface area contributed by atoms with Gasteiger partial charge >= 0.3 is 6.09 Å². The Morgan fingerprint density at radius 1 is 0.929 bits per heavy atom. The number of ether oxygens (including phenoxy) is 1. The van der Waals surface area contributed by atoms with Crippen molar-refractivity contribution in [3.63, 3.8) is 0 Å². The van der Waals surface area contributed by atoms with Crippen molar-refractivity contribution in [3.05, 3.63) is 71.3 Å². The van der Waals surface area contributed by atoms with E-state index in [1.165, 1.54) is 0 Å². The Morgan fingerprint density at radius 3 is 2.29 bits per heavy atom. The van der Waals surface area contributed by atoms with Gasteiger partial charge < -0.3 is 9.84 Å². The van der Waals surface area contributed by atoms with Crippen LogP contribution in [0.1, 0.15) is 41.7 Å². The largest absolute Gasteiger partial charge is 0.444 e. The van der Waals surface area contributed by atoms with Crippen LogP contribution in [0.5, 0.6) is 0 Å². The molecule has 6 rings (SSSR count). The van der Waals surface area contributed by atoms with E-state index in [4.69, 9.17) is 4.74 Å². The Bertz CT molecular complexity index is 848. The molecule has 146 valence electrons. The monoisotopic (exact) mass is 378 g/mol. The van der Waals surface area contributed by atoms with Gasteiger partial charge in [-0.25, -0.2) is 4.79 Å². The van der Waals surface area contributed by atoms with Gasteiger partial charge in [-0.1, -0.05) is 54.6 Å². The number of carbonyl (C=O) groups excluding carboxylic acids is 1. The van der Waals surface area contributed by atoms with Crippen LogP contribution in [0.3, 0.4) is 0 Å². The molecule has 2 bridgehead atoms. The molecule has 4 aliphatic rings. The van der Waals surface area contributed by atoms with E-state index in [9.17, 15) is 9.90 Å². The second-order valence-corrected chi connectivity index (χ2v) is 8.17. The molecule has 4 heterocycles. The van der Waals surface area contributed by atoms with E-state index >= 15 is 0 Å². The number of aliphatic hydroxyl groups excluding tert-OH is 1. The summed E-state index contributed by atoms with van der Waals surface area (Å²) in [4.78, 5) is 17.3. The van der Waals surface area contributed by atoms with E-state index in [2.05, 4.69) is 4.90 Å². The molecule has 0 aromatic heterocycles. The molecule has 0 spiro atoms. The summed E-state index contributed by atoms with van der Waals surface area (Å²) >= 11 is 0. The molecule has 0 saturated carbocycles. The van der Waals surface area contributed by atoms with Crippen molar-refractivity contribution in [2.45, 2.75) is 31.1 Å². The van der Waals surface area contributed by atoms with Crippen LogP contribution in [-0.4, -0.2) is 53.3 Å². The van der Waals surface area contributed by atoms with E-state index in [1.54, 1.807) is 4.90 Å². The van der Waals surface area contributed by atoms with Gasteiger partial charge in [-0.2, -0.15) is 0 Å². The standard InChI is InChI=1S/C23H26N2O3/c26-20-14-25(23(27)28-21-15-24-12-10-16(21)11-13-24)22(17-6-2-1-3-7-17)19-9-5-4-8-18(19)20/h1-9,16,20-22,26H,10-15H2/t20?,21-,22-/m0/s1. The van der Waals surface area contributed by atoms with E-state index in [0.717, 1.165) is 49.2 Å². The third-order valence-electron chi connectivity index (χ3n) is 6.53. The molecule has 1 amide bonds. The van der Waals surface area contributed by atoms with Gasteiger partial charge in [0.1, 0.15) is 6.10 Å². The van der Waals surface area contributed by atoms with Crippen LogP contribution in [-0.2, 0) is 4.74 Å². The molecule has 2 aromatic rings. The molecule has 2 aromatic carbocycles. The van der Waals surface area contributed by atoms with Crippen molar-refractivity contribution in [3.8, 4) is 0 Å². The molecular weight excluding hydrogens is 352 g/mol. The highest BCUT2D eigenvalue weighted by atomic mass is 16.6. The van der Waals surface area contributed by atoms with Gasteiger partial charge in [0.15, 0.2) is 0 Å². The summed E-state index contributed by atoms with van der Waals surface area (Å²) in [6, 6.07) is 17.6. The lowest BCUT2D eigenvalue weighted by atomic mass is 9.85. The lowest BCUT2D eigenvalue weighted by Gasteiger charge is -2.45. The van der Waals surface area contributed by atoms with Crippen LogP contribution in [0.4, 0.5) is 4.79 Å². The smallest absolute Gasteiger partial charge is 0.410 e. The number of β-amino-alcohol motifs (C(OH)–C–C–N with tert-alkyl or cyclic N) is 1. The van der Waals surface area contributed by atoms with Crippen LogP contribution in [0.15, 0.2) is 54.6 Å². The minimum Gasteiger partial charge on any atom is -0.444 e. The number of piperidine rings is 3. The van der Waals surface area contributed by atoms with Gasteiger partial charge in [0.2, 0.25) is 0 Å². The summed E-state index contributed by atoms with van der Waals surface area (Å²) in [5, 5.41) is 10.7. The quantitative estimate of drug-likeness (QED) is 0.871. The van der Waals surface area contributed by atoms with Gasteiger partial charge in [0.05, 0.1) is 18.7 Å². The van der Waals surface area contributed by atoms with Crippen LogP contribution < -0.4 is 0 Å². The van der Waals surface area contributed by atoms with Crippen LogP contribution in [0.25, 0.3) is 0 Å². The molecular formula is C23H26N2O3. The number of fused-ring (bicyclic) bond motifs is 4. The van der Waals surface area contributed by atoms with Crippen LogP contribution in [0.2, 0.25) is 0 Å². The average Bonchev–Trinajstić information content (AvgIpc) is 2.75.